The number of benzene rings is 2. The van der Waals surface area contributed by atoms with Crippen LogP contribution in [0.15, 0.2) is 36.4 Å². The van der Waals surface area contributed by atoms with Gasteiger partial charge in [-0.05, 0) is 42.2 Å². The highest BCUT2D eigenvalue weighted by atomic mass is 19.1. The number of hydrogen-bond donors (Lipinski definition) is 1. The summed E-state index contributed by atoms with van der Waals surface area (Å²) in [6, 6.07) is 8.85. The van der Waals surface area contributed by atoms with Gasteiger partial charge in [0.25, 0.3) is 0 Å². The van der Waals surface area contributed by atoms with Gasteiger partial charge in [0.2, 0.25) is 5.79 Å². The minimum absolute atomic E-state index is 0.0228. The molecule has 0 fully saturated rings. The van der Waals surface area contributed by atoms with Crippen molar-refractivity contribution in [3.63, 3.8) is 0 Å². The fourth-order valence-electron chi connectivity index (χ4n) is 3.11. The van der Waals surface area contributed by atoms with Crippen molar-refractivity contribution in [3.8, 4) is 17.2 Å². The third-order valence-corrected chi connectivity index (χ3v) is 4.71. The van der Waals surface area contributed by atoms with Crippen LogP contribution < -0.4 is 9.47 Å². The molecule has 0 aliphatic carbocycles. The van der Waals surface area contributed by atoms with Gasteiger partial charge in [-0.15, -0.1) is 0 Å². The summed E-state index contributed by atoms with van der Waals surface area (Å²) in [4.78, 5) is 24.8. The van der Waals surface area contributed by atoms with Crippen molar-refractivity contribution in [2.75, 3.05) is 6.54 Å². The molecule has 1 N–H and O–H groups in total. The van der Waals surface area contributed by atoms with Crippen LogP contribution in [0.3, 0.4) is 0 Å². The van der Waals surface area contributed by atoms with Crippen LogP contribution in [-0.4, -0.2) is 34.4 Å². The predicted octanol–water partition coefficient (Wildman–Crippen LogP) is 5.43. The number of esters is 1. The molecule has 31 heavy (non-hydrogen) atoms. The summed E-state index contributed by atoms with van der Waals surface area (Å²) in [7, 11) is 0. The Morgan fingerprint density at radius 2 is 1.94 bits per heavy atom. The maximum Gasteiger partial charge on any atom is 0.407 e. The van der Waals surface area contributed by atoms with E-state index in [-0.39, 0.29) is 23.6 Å². The van der Waals surface area contributed by atoms with Crippen LogP contribution in [0, 0.1) is 11.7 Å². The van der Waals surface area contributed by atoms with Gasteiger partial charge in [-0.1, -0.05) is 19.9 Å². The molecule has 0 bridgehead atoms. The number of ether oxygens (including phenoxy) is 3. The SMILES string of the molecule is CC(C)CCN(Cc1ccc(Oc2ccc3c(c2)OC(C)(C)OC3=O)c(F)c1)C(=O)O. The van der Waals surface area contributed by atoms with E-state index in [1.54, 1.807) is 19.9 Å². The van der Waals surface area contributed by atoms with Gasteiger partial charge in [-0.3, -0.25) is 0 Å². The minimum Gasteiger partial charge on any atom is -0.465 e. The number of carbonyl (C=O) groups is 2. The van der Waals surface area contributed by atoms with Crippen LogP contribution in [0.2, 0.25) is 0 Å². The van der Waals surface area contributed by atoms with Crippen LogP contribution in [0.4, 0.5) is 9.18 Å². The van der Waals surface area contributed by atoms with Gasteiger partial charge in [-0.25, -0.2) is 14.0 Å². The number of fused-ring (bicyclic) bond motifs is 1. The Bertz CT molecular complexity index is 988. The summed E-state index contributed by atoms with van der Waals surface area (Å²) in [6.45, 7) is 7.72. The van der Waals surface area contributed by atoms with Gasteiger partial charge in [0.05, 0.1) is 0 Å². The first kappa shape index (κ1) is 22.4. The molecule has 166 valence electrons. The summed E-state index contributed by atoms with van der Waals surface area (Å²) < 4.78 is 31.1. The Balaban J connectivity index is 1.74. The topological polar surface area (TPSA) is 85.3 Å². The first-order valence-corrected chi connectivity index (χ1v) is 10.0. The van der Waals surface area contributed by atoms with Gasteiger partial charge in [0.1, 0.15) is 17.1 Å². The van der Waals surface area contributed by atoms with E-state index in [0.29, 0.717) is 23.8 Å². The number of carbonyl (C=O) groups excluding carboxylic acids is 1. The van der Waals surface area contributed by atoms with Crippen LogP contribution in [0.5, 0.6) is 17.2 Å². The molecular formula is C23H26FNO6. The molecule has 0 radical (unpaired) electrons. The zero-order valence-corrected chi connectivity index (χ0v) is 18.0. The fourth-order valence-corrected chi connectivity index (χ4v) is 3.11. The van der Waals surface area contributed by atoms with Gasteiger partial charge >= 0.3 is 12.1 Å². The number of carboxylic acid groups (broad SMARTS) is 1. The lowest BCUT2D eigenvalue weighted by Crippen LogP contribution is -2.38. The molecule has 2 aromatic carbocycles. The van der Waals surface area contributed by atoms with Crippen molar-refractivity contribution < 1.29 is 33.3 Å². The van der Waals surface area contributed by atoms with Crippen molar-refractivity contribution in [1.29, 1.82) is 0 Å². The number of nitrogens with zero attached hydrogens (tertiary/aromatic N) is 1. The quantitative estimate of drug-likeness (QED) is 0.589. The second kappa shape index (κ2) is 8.83. The molecular weight excluding hydrogens is 405 g/mol. The summed E-state index contributed by atoms with van der Waals surface area (Å²) in [5, 5.41) is 9.38. The third kappa shape index (κ3) is 5.65. The minimum atomic E-state index is -1.11. The highest BCUT2D eigenvalue weighted by molar-refractivity contribution is 5.93. The molecule has 7 nitrogen and oxygen atoms in total. The van der Waals surface area contributed by atoms with E-state index in [0.717, 1.165) is 6.42 Å². The van der Waals surface area contributed by atoms with Crippen LogP contribution in [0.1, 0.15) is 50.0 Å². The largest absolute Gasteiger partial charge is 0.465 e. The molecule has 1 aliphatic heterocycles. The molecule has 1 aliphatic rings. The summed E-state index contributed by atoms with van der Waals surface area (Å²) >= 11 is 0. The molecule has 0 aromatic heterocycles. The maximum atomic E-state index is 14.6. The van der Waals surface area contributed by atoms with E-state index in [2.05, 4.69) is 0 Å². The zero-order chi connectivity index (χ0) is 22.8. The van der Waals surface area contributed by atoms with Crippen molar-refractivity contribution >= 4 is 12.1 Å². The number of rotatable bonds is 7. The second-order valence-electron chi connectivity index (χ2n) is 8.30. The van der Waals surface area contributed by atoms with Gasteiger partial charge in [0, 0.05) is 33.0 Å². The highest BCUT2D eigenvalue weighted by Crippen LogP contribution is 2.36. The standard InChI is InChI=1S/C23H26FNO6/c1-14(2)9-10-25(22(27)28)13-15-5-8-19(18(24)11-15)29-16-6-7-17-20(12-16)30-23(3,4)31-21(17)26/h5-8,11-12,14H,9-10,13H2,1-4H3,(H,27,28). The summed E-state index contributed by atoms with van der Waals surface area (Å²) in [6.07, 6.45) is -0.322. The normalized spacial score (nSPS) is 14.5. The number of cyclic esters (lactones) is 1. The lowest BCUT2D eigenvalue weighted by Gasteiger charge is -2.31. The molecule has 0 spiro atoms. The van der Waals surface area contributed by atoms with Gasteiger partial charge in [-0.2, -0.15) is 0 Å². The smallest absolute Gasteiger partial charge is 0.407 e. The van der Waals surface area contributed by atoms with Crippen molar-refractivity contribution in [3.05, 3.63) is 53.3 Å². The highest BCUT2D eigenvalue weighted by Gasteiger charge is 2.34. The van der Waals surface area contributed by atoms with E-state index in [1.807, 2.05) is 13.8 Å². The average Bonchev–Trinajstić information content (AvgIpc) is 2.65. The Morgan fingerprint density at radius 3 is 2.58 bits per heavy atom. The second-order valence-corrected chi connectivity index (χ2v) is 8.30. The molecule has 1 heterocycles. The van der Waals surface area contributed by atoms with E-state index in [9.17, 15) is 19.1 Å². The lowest BCUT2D eigenvalue weighted by molar-refractivity contribution is -0.127. The first-order valence-electron chi connectivity index (χ1n) is 10.0. The maximum absolute atomic E-state index is 14.6. The van der Waals surface area contributed by atoms with Crippen molar-refractivity contribution in [2.45, 2.75) is 46.4 Å². The zero-order valence-electron chi connectivity index (χ0n) is 18.0. The first-order chi connectivity index (χ1) is 14.5. The Hall–Kier alpha value is -3.29. The summed E-state index contributed by atoms with van der Waals surface area (Å²) in [5.41, 5.74) is 0.784. The van der Waals surface area contributed by atoms with E-state index >= 15 is 0 Å². The Labute approximate surface area is 180 Å². The van der Waals surface area contributed by atoms with E-state index < -0.39 is 23.7 Å². The van der Waals surface area contributed by atoms with E-state index in [4.69, 9.17) is 14.2 Å². The number of amides is 1. The van der Waals surface area contributed by atoms with E-state index in [1.165, 1.54) is 35.2 Å². The Kier molecular flexibility index (Phi) is 6.38. The molecule has 8 heteroatoms. The lowest BCUT2D eigenvalue weighted by atomic mass is 10.1. The predicted molar refractivity (Wildman–Crippen MR) is 111 cm³/mol. The van der Waals surface area contributed by atoms with Crippen molar-refractivity contribution in [1.82, 2.24) is 4.90 Å². The molecule has 1 amide bonds. The molecule has 0 unspecified atom stereocenters. The van der Waals surface area contributed by atoms with Gasteiger partial charge in [0.15, 0.2) is 11.6 Å². The number of halogens is 1. The fraction of sp³-hybridized carbons (Fsp3) is 0.391. The molecule has 0 saturated heterocycles. The molecule has 0 saturated carbocycles. The van der Waals surface area contributed by atoms with Crippen LogP contribution >= 0.6 is 0 Å². The number of hydrogen-bond acceptors (Lipinski definition) is 5. The van der Waals surface area contributed by atoms with Crippen molar-refractivity contribution in [2.24, 2.45) is 5.92 Å². The average molecular weight is 431 g/mol. The van der Waals surface area contributed by atoms with Gasteiger partial charge < -0.3 is 24.2 Å². The molecule has 2 aromatic rings. The van der Waals surface area contributed by atoms with Crippen LogP contribution in [0.25, 0.3) is 0 Å². The molecule has 3 rings (SSSR count). The summed E-state index contributed by atoms with van der Waals surface area (Å²) in [5.74, 6) is -1.31. The Morgan fingerprint density at radius 1 is 1.19 bits per heavy atom. The molecule has 0 atom stereocenters. The third-order valence-electron chi connectivity index (χ3n) is 4.71. The van der Waals surface area contributed by atoms with Crippen LogP contribution in [-0.2, 0) is 11.3 Å². The monoisotopic (exact) mass is 431 g/mol.